The molecule has 0 rings (SSSR count). The summed E-state index contributed by atoms with van der Waals surface area (Å²) in [5.74, 6) is 0. The van der Waals surface area contributed by atoms with Gasteiger partial charge >= 0.3 is 0 Å². The van der Waals surface area contributed by atoms with Crippen LogP contribution in [0.15, 0.2) is 12.7 Å². The Morgan fingerprint density at radius 2 is 1.29 bits per heavy atom. The topological polar surface area (TPSA) is 6.48 Å². The largest absolute Gasteiger partial charge is 0.288 e. The van der Waals surface area contributed by atoms with E-state index in [9.17, 15) is 0 Å². The van der Waals surface area contributed by atoms with Gasteiger partial charge in [-0.05, 0) is 32.6 Å². The Labute approximate surface area is 89.6 Å². The summed E-state index contributed by atoms with van der Waals surface area (Å²) in [6.07, 6.45) is 3.63. The molecule has 0 aromatic carbocycles. The first-order valence-electron chi connectivity index (χ1n) is 5.83. The lowest BCUT2D eigenvalue weighted by Gasteiger charge is -2.37. The van der Waals surface area contributed by atoms with Crippen molar-refractivity contribution in [2.75, 3.05) is 26.2 Å². The lowest BCUT2D eigenvalue weighted by molar-refractivity contribution is 0.0591. The van der Waals surface area contributed by atoms with E-state index in [1.807, 2.05) is 6.08 Å². The zero-order valence-electron chi connectivity index (χ0n) is 10.3. The number of hydrogen-bond acceptors (Lipinski definition) is 2. The van der Waals surface area contributed by atoms with Crippen molar-refractivity contribution in [1.82, 2.24) is 9.80 Å². The molecule has 0 fully saturated rings. The summed E-state index contributed by atoms with van der Waals surface area (Å²) in [5, 5.41) is 0. The van der Waals surface area contributed by atoms with Crippen molar-refractivity contribution >= 4 is 0 Å². The van der Waals surface area contributed by atoms with Crippen molar-refractivity contribution in [2.24, 2.45) is 0 Å². The normalized spacial score (nSPS) is 11.6. The van der Waals surface area contributed by atoms with Crippen LogP contribution in [0.4, 0.5) is 0 Å². The molecule has 0 aromatic heterocycles. The Hall–Kier alpha value is -0.340. The molecule has 0 aliphatic heterocycles. The van der Waals surface area contributed by atoms with Crippen molar-refractivity contribution in [3.63, 3.8) is 0 Å². The standard InChI is InChI=1S/C12H26N2/c1-6-11-12(13(7-2)8-3)14(9-4)10-5/h6,12H,1,7-11H2,2-5H3. The van der Waals surface area contributed by atoms with Gasteiger partial charge in [-0.1, -0.05) is 33.8 Å². The van der Waals surface area contributed by atoms with Gasteiger partial charge in [0, 0.05) is 0 Å². The number of rotatable bonds is 8. The Balaban J connectivity index is 4.43. The summed E-state index contributed by atoms with van der Waals surface area (Å²) in [6, 6.07) is 0. The molecule has 0 aliphatic rings. The van der Waals surface area contributed by atoms with Gasteiger partial charge in [0.15, 0.2) is 0 Å². The quantitative estimate of drug-likeness (QED) is 0.437. The van der Waals surface area contributed by atoms with E-state index in [-0.39, 0.29) is 0 Å². The molecule has 0 bridgehead atoms. The van der Waals surface area contributed by atoms with E-state index in [1.54, 1.807) is 0 Å². The zero-order chi connectivity index (χ0) is 11.0. The predicted molar refractivity (Wildman–Crippen MR) is 64.4 cm³/mol. The van der Waals surface area contributed by atoms with E-state index >= 15 is 0 Å². The van der Waals surface area contributed by atoms with Crippen LogP contribution in [0.1, 0.15) is 34.1 Å². The molecule has 0 heterocycles. The number of hydrogen-bond donors (Lipinski definition) is 0. The van der Waals surface area contributed by atoms with E-state index in [1.165, 1.54) is 0 Å². The summed E-state index contributed by atoms with van der Waals surface area (Å²) in [7, 11) is 0. The zero-order valence-corrected chi connectivity index (χ0v) is 10.3. The van der Waals surface area contributed by atoms with Crippen LogP contribution in [0, 0.1) is 0 Å². The van der Waals surface area contributed by atoms with Gasteiger partial charge in [0.25, 0.3) is 0 Å². The van der Waals surface area contributed by atoms with E-state index < -0.39 is 0 Å². The molecule has 2 heteroatoms. The molecule has 0 aliphatic carbocycles. The molecular weight excluding hydrogens is 172 g/mol. The second-order valence-corrected chi connectivity index (χ2v) is 3.45. The second-order valence-electron chi connectivity index (χ2n) is 3.45. The molecule has 0 N–H and O–H groups in total. The molecule has 84 valence electrons. The highest BCUT2D eigenvalue weighted by molar-refractivity contribution is 4.79. The third-order valence-corrected chi connectivity index (χ3v) is 2.85. The fourth-order valence-corrected chi connectivity index (χ4v) is 1.97. The monoisotopic (exact) mass is 198 g/mol. The molecule has 2 nitrogen and oxygen atoms in total. The molecule has 0 saturated heterocycles. The third-order valence-electron chi connectivity index (χ3n) is 2.85. The van der Waals surface area contributed by atoms with Gasteiger partial charge in [-0.25, -0.2) is 0 Å². The first-order chi connectivity index (χ1) is 6.74. The van der Waals surface area contributed by atoms with Crippen molar-refractivity contribution in [3.8, 4) is 0 Å². The maximum absolute atomic E-state index is 3.85. The Morgan fingerprint density at radius 3 is 1.50 bits per heavy atom. The fraction of sp³-hybridized carbons (Fsp3) is 0.833. The van der Waals surface area contributed by atoms with Gasteiger partial charge < -0.3 is 0 Å². The molecule has 0 unspecified atom stereocenters. The van der Waals surface area contributed by atoms with Crippen molar-refractivity contribution in [1.29, 1.82) is 0 Å². The predicted octanol–water partition coefficient (Wildman–Crippen LogP) is 2.57. The molecule has 0 radical (unpaired) electrons. The molecule has 0 saturated carbocycles. The molecular formula is C12H26N2. The summed E-state index contributed by atoms with van der Waals surface area (Å²) < 4.78 is 0. The summed E-state index contributed by atoms with van der Waals surface area (Å²) in [6.45, 7) is 17.2. The molecule has 0 spiro atoms. The van der Waals surface area contributed by atoms with Crippen molar-refractivity contribution in [3.05, 3.63) is 12.7 Å². The van der Waals surface area contributed by atoms with Gasteiger partial charge in [0.2, 0.25) is 0 Å². The highest BCUT2D eigenvalue weighted by Gasteiger charge is 2.19. The number of nitrogens with zero attached hydrogens (tertiary/aromatic N) is 2. The second kappa shape index (κ2) is 8.01. The molecule has 14 heavy (non-hydrogen) atoms. The highest BCUT2D eigenvalue weighted by Crippen LogP contribution is 2.10. The lowest BCUT2D eigenvalue weighted by atomic mass is 10.2. The lowest BCUT2D eigenvalue weighted by Crippen LogP contribution is -2.47. The van der Waals surface area contributed by atoms with E-state index in [2.05, 4.69) is 44.1 Å². The SMILES string of the molecule is C=CCC(N(CC)CC)N(CC)CC. The van der Waals surface area contributed by atoms with Crippen LogP contribution in [0.2, 0.25) is 0 Å². The average molecular weight is 198 g/mol. The van der Waals surface area contributed by atoms with Crippen LogP contribution in [0.3, 0.4) is 0 Å². The van der Waals surface area contributed by atoms with Gasteiger partial charge in [-0.3, -0.25) is 9.80 Å². The molecule has 0 aromatic rings. The van der Waals surface area contributed by atoms with Gasteiger partial charge in [0.05, 0.1) is 6.17 Å². The van der Waals surface area contributed by atoms with Crippen molar-refractivity contribution < 1.29 is 0 Å². The maximum Gasteiger partial charge on any atom is 0.0657 e. The minimum absolute atomic E-state index is 0.539. The minimum atomic E-state index is 0.539. The van der Waals surface area contributed by atoms with Crippen molar-refractivity contribution in [2.45, 2.75) is 40.3 Å². The van der Waals surface area contributed by atoms with Crippen LogP contribution < -0.4 is 0 Å². The van der Waals surface area contributed by atoms with Crippen LogP contribution >= 0.6 is 0 Å². The summed E-state index contributed by atoms with van der Waals surface area (Å²) in [5.41, 5.74) is 0. The smallest absolute Gasteiger partial charge is 0.0657 e. The fourth-order valence-electron chi connectivity index (χ4n) is 1.97. The van der Waals surface area contributed by atoms with Gasteiger partial charge in [0.1, 0.15) is 0 Å². The first kappa shape index (κ1) is 13.7. The maximum atomic E-state index is 3.85. The highest BCUT2D eigenvalue weighted by atomic mass is 15.3. The Kier molecular flexibility index (Phi) is 7.81. The first-order valence-corrected chi connectivity index (χ1v) is 5.83. The Bertz CT molecular complexity index is 125. The van der Waals surface area contributed by atoms with Gasteiger partial charge in [-0.15, -0.1) is 6.58 Å². The van der Waals surface area contributed by atoms with E-state index in [0.717, 1.165) is 32.6 Å². The van der Waals surface area contributed by atoms with Crippen LogP contribution in [-0.2, 0) is 0 Å². The van der Waals surface area contributed by atoms with Crippen LogP contribution in [0.5, 0.6) is 0 Å². The van der Waals surface area contributed by atoms with Crippen LogP contribution in [-0.4, -0.2) is 42.1 Å². The van der Waals surface area contributed by atoms with E-state index in [0.29, 0.717) is 6.17 Å². The minimum Gasteiger partial charge on any atom is -0.288 e. The summed E-state index contributed by atoms with van der Waals surface area (Å²) in [4.78, 5) is 4.99. The Morgan fingerprint density at radius 1 is 0.929 bits per heavy atom. The van der Waals surface area contributed by atoms with Crippen LogP contribution in [0.25, 0.3) is 0 Å². The average Bonchev–Trinajstić information content (AvgIpc) is 2.21. The summed E-state index contributed by atoms with van der Waals surface area (Å²) >= 11 is 0. The van der Waals surface area contributed by atoms with Gasteiger partial charge in [-0.2, -0.15) is 0 Å². The van der Waals surface area contributed by atoms with E-state index in [4.69, 9.17) is 0 Å². The third kappa shape index (κ3) is 3.81. The molecule has 0 atom stereocenters. The molecule has 0 amide bonds.